The van der Waals surface area contributed by atoms with Crippen LogP contribution in [-0.4, -0.2) is 10.9 Å². The number of hydrogen-bond acceptors (Lipinski definition) is 3. The molecule has 0 unspecified atom stereocenters. The summed E-state index contributed by atoms with van der Waals surface area (Å²) in [7, 11) is 0. The number of nitrogens with one attached hydrogen (secondary N) is 1. The van der Waals surface area contributed by atoms with Crippen molar-refractivity contribution in [1.29, 1.82) is 0 Å². The van der Waals surface area contributed by atoms with E-state index >= 15 is 0 Å². The summed E-state index contributed by atoms with van der Waals surface area (Å²) in [6, 6.07) is 5.68. The summed E-state index contributed by atoms with van der Waals surface area (Å²) in [5, 5.41) is 4.67. The Kier molecular flexibility index (Phi) is 3.54. The Hall–Kier alpha value is -1.68. The molecule has 3 nitrogen and oxygen atoms in total. The van der Waals surface area contributed by atoms with Crippen LogP contribution in [0.1, 0.15) is 27.7 Å². The van der Waals surface area contributed by atoms with Crippen molar-refractivity contribution < 1.29 is 4.79 Å². The number of amides is 1. The number of anilines is 1. The highest BCUT2D eigenvalue weighted by atomic mass is 32.1. The molecule has 0 atom stereocenters. The van der Waals surface area contributed by atoms with E-state index in [1.165, 1.54) is 4.88 Å². The second-order valence-corrected chi connectivity index (χ2v) is 4.82. The third-order valence-corrected chi connectivity index (χ3v) is 3.50. The molecule has 0 fully saturated rings. The minimum absolute atomic E-state index is 0.0981. The predicted molar refractivity (Wildman–Crippen MR) is 70.6 cm³/mol. The minimum atomic E-state index is -0.0981. The van der Waals surface area contributed by atoms with Gasteiger partial charge in [0.05, 0.1) is 5.56 Å². The van der Waals surface area contributed by atoms with Gasteiger partial charge in [0.25, 0.3) is 5.91 Å². The number of carbonyl (C=O) groups excluding carboxylic acids is 1. The number of carbonyl (C=O) groups is 1. The van der Waals surface area contributed by atoms with Gasteiger partial charge in [-0.1, -0.05) is 6.92 Å². The average Bonchev–Trinajstić information content (AvgIpc) is 2.77. The Morgan fingerprint density at radius 3 is 2.94 bits per heavy atom. The second kappa shape index (κ2) is 5.10. The van der Waals surface area contributed by atoms with E-state index in [4.69, 9.17) is 0 Å². The summed E-state index contributed by atoms with van der Waals surface area (Å²) in [4.78, 5) is 17.2. The normalized spacial score (nSPS) is 10.2. The third-order valence-electron chi connectivity index (χ3n) is 2.42. The molecule has 1 N–H and O–H groups in total. The van der Waals surface area contributed by atoms with Gasteiger partial charge in [0.15, 0.2) is 0 Å². The average molecular weight is 246 g/mol. The second-order valence-electron chi connectivity index (χ2n) is 3.83. The van der Waals surface area contributed by atoms with Crippen molar-refractivity contribution in [2.24, 2.45) is 0 Å². The summed E-state index contributed by atoms with van der Waals surface area (Å²) in [5.41, 5.74) is 1.78. The van der Waals surface area contributed by atoms with Gasteiger partial charge in [-0.25, -0.2) is 4.98 Å². The highest BCUT2D eigenvalue weighted by molar-refractivity contribution is 7.10. The number of aromatic nitrogens is 1. The molecule has 2 rings (SSSR count). The van der Waals surface area contributed by atoms with Crippen LogP contribution in [0.3, 0.4) is 0 Å². The smallest absolute Gasteiger partial charge is 0.257 e. The van der Waals surface area contributed by atoms with Crippen LogP contribution in [0.2, 0.25) is 0 Å². The van der Waals surface area contributed by atoms with Crippen molar-refractivity contribution in [3.63, 3.8) is 0 Å². The first-order valence-corrected chi connectivity index (χ1v) is 6.38. The Labute approximate surface area is 105 Å². The first-order valence-electron chi connectivity index (χ1n) is 5.50. The lowest BCUT2D eigenvalue weighted by Crippen LogP contribution is -2.11. The maximum Gasteiger partial charge on any atom is 0.257 e. The quantitative estimate of drug-likeness (QED) is 0.903. The number of pyridine rings is 1. The van der Waals surface area contributed by atoms with Crippen LogP contribution in [0, 0.1) is 6.92 Å². The molecular formula is C13H14N2OS. The highest BCUT2D eigenvalue weighted by Crippen LogP contribution is 2.16. The van der Waals surface area contributed by atoms with Crippen molar-refractivity contribution in [2.45, 2.75) is 20.3 Å². The van der Waals surface area contributed by atoms with E-state index in [0.29, 0.717) is 11.4 Å². The summed E-state index contributed by atoms with van der Waals surface area (Å²) in [6.45, 7) is 4.05. The largest absolute Gasteiger partial charge is 0.307 e. The maximum atomic E-state index is 11.9. The van der Waals surface area contributed by atoms with Crippen LogP contribution in [-0.2, 0) is 6.42 Å². The van der Waals surface area contributed by atoms with Crippen LogP contribution in [0.5, 0.6) is 0 Å². The molecule has 0 spiro atoms. The molecule has 0 aliphatic carbocycles. The van der Waals surface area contributed by atoms with Gasteiger partial charge in [-0.2, -0.15) is 0 Å². The topological polar surface area (TPSA) is 42.0 Å². The number of thiophene rings is 1. The molecular weight excluding hydrogens is 232 g/mol. The number of hydrogen-bond donors (Lipinski definition) is 1. The third kappa shape index (κ3) is 2.91. The van der Waals surface area contributed by atoms with E-state index in [-0.39, 0.29) is 5.91 Å². The van der Waals surface area contributed by atoms with Gasteiger partial charge < -0.3 is 5.32 Å². The van der Waals surface area contributed by atoms with Gasteiger partial charge in [0.1, 0.15) is 5.82 Å². The van der Waals surface area contributed by atoms with E-state index < -0.39 is 0 Å². The van der Waals surface area contributed by atoms with Crippen molar-refractivity contribution in [2.75, 3.05) is 5.32 Å². The molecule has 88 valence electrons. The molecule has 4 heteroatoms. The zero-order chi connectivity index (χ0) is 12.3. The number of rotatable bonds is 3. The van der Waals surface area contributed by atoms with E-state index in [9.17, 15) is 4.79 Å². The Morgan fingerprint density at radius 2 is 2.29 bits per heavy atom. The van der Waals surface area contributed by atoms with Gasteiger partial charge in [-0.05, 0) is 37.1 Å². The number of nitrogens with zero attached hydrogens (tertiary/aromatic N) is 1. The van der Waals surface area contributed by atoms with Crippen LogP contribution in [0.25, 0.3) is 0 Å². The summed E-state index contributed by atoms with van der Waals surface area (Å²) >= 11 is 1.61. The maximum absolute atomic E-state index is 11.9. The van der Waals surface area contributed by atoms with Crippen molar-refractivity contribution in [1.82, 2.24) is 4.98 Å². The lowest BCUT2D eigenvalue weighted by molar-refractivity contribution is 0.102. The van der Waals surface area contributed by atoms with Crippen molar-refractivity contribution in [3.05, 3.63) is 45.8 Å². The molecule has 0 saturated heterocycles. The van der Waals surface area contributed by atoms with E-state index in [1.54, 1.807) is 17.5 Å². The van der Waals surface area contributed by atoms with E-state index in [0.717, 1.165) is 12.0 Å². The molecule has 2 heterocycles. The molecule has 1 amide bonds. The molecule has 0 aliphatic rings. The fraction of sp³-hybridized carbons (Fsp3) is 0.231. The van der Waals surface area contributed by atoms with Crippen LogP contribution in [0.4, 0.5) is 5.82 Å². The Bertz CT molecular complexity index is 534. The first-order chi connectivity index (χ1) is 8.19. The standard InChI is InChI=1S/C13H14N2OS/c1-3-11-7-10(8-17-11)13(16)15-12-6-9(2)4-5-14-12/h4-8H,3H2,1-2H3,(H,14,15,16). The summed E-state index contributed by atoms with van der Waals surface area (Å²) < 4.78 is 0. The molecule has 0 aromatic carbocycles. The molecule has 2 aromatic heterocycles. The predicted octanol–water partition coefficient (Wildman–Crippen LogP) is 3.27. The van der Waals surface area contributed by atoms with Gasteiger partial charge in [-0.15, -0.1) is 11.3 Å². The molecule has 2 aromatic rings. The fourth-order valence-corrected chi connectivity index (χ4v) is 2.29. The van der Waals surface area contributed by atoms with Crippen LogP contribution < -0.4 is 5.32 Å². The summed E-state index contributed by atoms with van der Waals surface area (Å²) in [6.07, 6.45) is 2.65. The van der Waals surface area contributed by atoms with Gasteiger partial charge in [-0.3, -0.25) is 4.79 Å². The van der Waals surface area contributed by atoms with Crippen LogP contribution in [0.15, 0.2) is 29.8 Å². The lowest BCUT2D eigenvalue weighted by Gasteiger charge is -2.03. The SMILES string of the molecule is CCc1cc(C(=O)Nc2cc(C)ccn2)cs1. The minimum Gasteiger partial charge on any atom is -0.307 e. The van der Waals surface area contributed by atoms with E-state index in [1.807, 2.05) is 30.5 Å². The fourth-order valence-electron chi connectivity index (χ4n) is 1.48. The molecule has 0 bridgehead atoms. The van der Waals surface area contributed by atoms with Crippen molar-refractivity contribution in [3.8, 4) is 0 Å². The van der Waals surface area contributed by atoms with Crippen LogP contribution >= 0.6 is 11.3 Å². The zero-order valence-corrected chi connectivity index (χ0v) is 10.7. The highest BCUT2D eigenvalue weighted by Gasteiger charge is 2.08. The van der Waals surface area contributed by atoms with Gasteiger partial charge in [0, 0.05) is 16.5 Å². The Morgan fingerprint density at radius 1 is 1.47 bits per heavy atom. The summed E-state index contributed by atoms with van der Waals surface area (Å²) in [5.74, 6) is 0.498. The molecule has 17 heavy (non-hydrogen) atoms. The molecule has 0 radical (unpaired) electrons. The zero-order valence-electron chi connectivity index (χ0n) is 9.86. The van der Waals surface area contributed by atoms with Crippen molar-refractivity contribution >= 4 is 23.1 Å². The van der Waals surface area contributed by atoms with Gasteiger partial charge >= 0.3 is 0 Å². The Balaban J connectivity index is 2.11. The first kappa shape index (κ1) is 11.8. The van der Waals surface area contributed by atoms with E-state index in [2.05, 4.69) is 17.2 Å². The molecule has 0 aliphatic heterocycles. The lowest BCUT2D eigenvalue weighted by atomic mass is 10.2. The van der Waals surface area contributed by atoms with Gasteiger partial charge in [0.2, 0.25) is 0 Å². The number of aryl methyl sites for hydroxylation is 2. The monoisotopic (exact) mass is 246 g/mol. The molecule has 0 saturated carbocycles.